The first-order valence-corrected chi connectivity index (χ1v) is 7.87. The Hall–Kier alpha value is -1.94. The van der Waals surface area contributed by atoms with E-state index in [4.69, 9.17) is 4.74 Å². The molecule has 0 aliphatic heterocycles. The maximum atomic E-state index is 12.4. The Morgan fingerprint density at radius 3 is 2.33 bits per heavy atom. The Bertz CT molecular complexity index is 648. The normalized spacial score (nSPS) is 10.3. The van der Waals surface area contributed by atoms with Crippen molar-refractivity contribution in [2.24, 2.45) is 0 Å². The van der Waals surface area contributed by atoms with E-state index in [2.05, 4.69) is 11.4 Å². The number of anilines is 1. The third-order valence-corrected chi connectivity index (χ3v) is 3.86. The van der Waals surface area contributed by atoms with Crippen LogP contribution in [0.1, 0.15) is 21.5 Å². The van der Waals surface area contributed by atoms with Gasteiger partial charge in [-0.3, -0.25) is 4.79 Å². The molecule has 0 aliphatic rings. The van der Waals surface area contributed by atoms with Crippen molar-refractivity contribution < 1.29 is 9.53 Å². The van der Waals surface area contributed by atoms with Crippen LogP contribution >= 0.6 is 11.8 Å². The van der Waals surface area contributed by atoms with Crippen LogP contribution in [0, 0.1) is 13.8 Å². The van der Waals surface area contributed by atoms with Gasteiger partial charge in [0.2, 0.25) is 0 Å². The zero-order valence-corrected chi connectivity index (χ0v) is 13.5. The Labute approximate surface area is 129 Å². The fourth-order valence-electron chi connectivity index (χ4n) is 2.23. The predicted molar refractivity (Wildman–Crippen MR) is 88.6 cm³/mol. The molecule has 0 atom stereocenters. The summed E-state index contributed by atoms with van der Waals surface area (Å²) >= 11 is 1.61. The molecule has 0 spiro atoms. The molecule has 0 unspecified atom stereocenters. The van der Waals surface area contributed by atoms with Crippen LogP contribution in [0.4, 0.5) is 5.69 Å². The van der Waals surface area contributed by atoms with E-state index >= 15 is 0 Å². The lowest BCUT2D eigenvalue weighted by atomic mass is 10.1. The zero-order valence-electron chi connectivity index (χ0n) is 12.7. The molecule has 1 N–H and O–H groups in total. The predicted octanol–water partition coefficient (Wildman–Crippen LogP) is 4.29. The number of hydrogen-bond donors (Lipinski definition) is 1. The lowest BCUT2D eigenvalue weighted by molar-refractivity contribution is 0.102. The summed E-state index contributed by atoms with van der Waals surface area (Å²) < 4.78 is 5.32. The fraction of sp³-hybridized carbons (Fsp3) is 0.235. The Balaban J connectivity index is 2.27. The van der Waals surface area contributed by atoms with Gasteiger partial charge in [0.25, 0.3) is 5.91 Å². The Kier molecular flexibility index (Phi) is 4.91. The van der Waals surface area contributed by atoms with Gasteiger partial charge in [-0.2, -0.15) is 0 Å². The fourth-order valence-corrected chi connectivity index (χ4v) is 2.66. The van der Waals surface area contributed by atoms with Crippen molar-refractivity contribution in [2.75, 3.05) is 18.7 Å². The van der Waals surface area contributed by atoms with Gasteiger partial charge >= 0.3 is 0 Å². The highest BCUT2D eigenvalue weighted by molar-refractivity contribution is 7.98. The van der Waals surface area contributed by atoms with E-state index in [0.29, 0.717) is 11.3 Å². The van der Waals surface area contributed by atoms with Crippen LogP contribution in [-0.2, 0) is 0 Å². The lowest BCUT2D eigenvalue weighted by Crippen LogP contribution is -2.13. The van der Waals surface area contributed by atoms with E-state index in [-0.39, 0.29) is 5.91 Å². The number of rotatable bonds is 4. The van der Waals surface area contributed by atoms with Gasteiger partial charge in [0.15, 0.2) is 0 Å². The highest BCUT2D eigenvalue weighted by Gasteiger charge is 2.13. The van der Waals surface area contributed by atoms with Crippen LogP contribution in [-0.4, -0.2) is 19.3 Å². The van der Waals surface area contributed by atoms with E-state index in [1.54, 1.807) is 24.9 Å². The molecule has 0 fully saturated rings. The van der Waals surface area contributed by atoms with Gasteiger partial charge in [-0.15, -0.1) is 11.8 Å². The second kappa shape index (κ2) is 6.68. The van der Waals surface area contributed by atoms with Gasteiger partial charge < -0.3 is 10.1 Å². The van der Waals surface area contributed by atoms with Crippen molar-refractivity contribution in [2.45, 2.75) is 18.7 Å². The van der Waals surface area contributed by atoms with Gasteiger partial charge in [0, 0.05) is 10.6 Å². The third-order valence-electron chi connectivity index (χ3n) is 3.13. The molecule has 0 aromatic heterocycles. The first-order chi connectivity index (χ1) is 10.0. The Morgan fingerprint density at radius 1 is 1.10 bits per heavy atom. The summed E-state index contributed by atoms with van der Waals surface area (Å²) in [4.78, 5) is 13.5. The largest absolute Gasteiger partial charge is 0.496 e. The molecule has 0 saturated heterocycles. The number of aryl methyl sites for hydroxylation is 2. The minimum absolute atomic E-state index is 0.162. The minimum Gasteiger partial charge on any atom is -0.496 e. The highest BCUT2D eigenvalue weighted by atomic mass is 32.2. The number of carbonyl (C=O) groups is 1. The summed E-state index contributed by atoms with van der Waals surface area (Å²) in [6.07, 6.45) is 1.99. The minimum atomic E-state index is -0.162. The summed E-state index contributed by atoms with van der Waals surface area (Å²) in [6.45, 7) is 4.02. The molecule has 21 heavy (non-hydrogen) atoms. The summed E-state index contributed by atoms with van der Waals surface area (Å²) in [5.74, 6) is 0.424. The summed E-state index contributed by atoms with van der Waals surface area (Å²) in [5, 5.41) is 2.93. The highest BCUT2D eigenvalue weighted by Crippen LogP contribution is 2.26. The van der Waals surface area contributed by atoms with Crippen LogP contribution in [0.5, 0.6) is 5.75 Å². The van der Waals surface area contributed by atoms with Crippen LogP contribution in [0.15, 0.2) is 41.3 Å². The van der Waals surface area contributed by atoms with Crippen molar-refractivity contribution in [1.29, 1.82) is 0 Å². The molecule has 4 heteroatoms. The number of benzene rings is 2. The van der Waals surface area contributed by atoms with Crippen LogP contribution in [0.3, 0.4) is 0 Å². The summed E-state index contributed by atoms with van der Waals surface area (Å²) in [7, 11) is 1.58. The molecule has 3 nitrogen and oxygen atoms in total. The molecule has 2 aromatic carbocycles. The zero-order chi connectivity index (χ0) is 15.4. The number of ether oxygens (including phenoxy) is 1. The van der Waals surface area contributed by atoms with Crippen LogP contribution < -0.4 is 10.1 Å². The molecule has 1 amide bonds. The first-order valence-electron chi connectivity index (χ1n) is 6.65. The monoisotopic (exact) mass is 301 g/mol. The third kappa shape index (κ3) is 3.79. The standard InChI is InChI=1S/C17H19NO2S/c1-11-7-12(2)9-13(8-11)18-17(19)15-6-5-14(21-4)10-16(15)20-3/h5-10H,1-4H3,(H,18,19). The number of carbonyl (C=O) groups excluding carboxylic acids is 1. The van der Waals surface area contributed by atoms with Crippen molar-refractivity contribution in [3.8, 4) is 5.75 Å². The van der Waals surface area contributed by atoms with Crippen LogP contribution in [0.25, 0.3) is 0 Å². The number of nitrogens with one attached hydrogen (secondary N) is 1. The molecular formula is C17H19NO2S. The number of methoxy groups -OCH3 is 1. The smallest absolute Gasteiger partial charge is 0.259 e. The average molecular weight is 301 g/mol. The topological polar surface area (TPSA) is 38.3 Å². The van der Waals surface area contributed by atoms with Crippen molar-refractivity contribution in [3.63, 3.8) is 0 Å². The SMILES string of the molecule is COc1cc(SC)ccc1C(=O)Nc1cc(C)cc(C)c1. The number of hydrogen-bond acceptors (Lipinski definition) is 3. The average Bonchev–Trinajstić information content (AvgIpc) is 2.45. The molecule has 0 saturated carbocycles. The van der Waals surface area contributed by atoms with Gasteiger partial charge in [-0.1, -0.05) is 6.07 Å². The lowest BCUT2D eigenvalue weighted by Gasteiger charge is -2.11. The quantitative estimate of drug-likeness (QED) is 0.856. The van der Waals surface area contributed by atoms with Crippen molar-refractivity contribution in [1.82, 2.24) is 0 Å². The van der Waals surface area contributed by atoms with E-state index < -0.39 is 0 Å². The molecule has 2 rings (SSSR count). The molecular weight excluding hydrogens is 282 g/mol. The summed E-state index contributed by atoms with van der Waals surface area (Å²) in [6, 6.07) is 11.6. The van der Waals surface area contributed by atoms with E-state index in [1.807, 2.05) is 44.4 Å². The molecule has 0 radical (unpaired) electrons. The van der Waals surface area contributed by atoms with Crippen molar-refractivity contribution >= 4 is 23.4 Å². The Morgan fingerprint density at radius 2 is 1.76 bits per heavy atom. The summed E-state index contributed by atoms with van der Waals surface area (Å²) in [5.41, 5.74) is 3.58. The second-order valence-corrected chi connectivity index (χ2v) is 5.78. The maximum Gasteiger partial charge on any atom is 0.259 e. The van der Waals surface area contributed by atoms with Gasteiger partial charge in [0.05, 0.1) is 12.7 Å². The molecule has 110 valence electrons. The number of thioether (sulfide) groups is 1. The van der Waals surface area contributed by atoms with E-state index in [1.165, 1.54) is 0 Å². The van der Waals surface area contributed by atoms with E-state index in [9.17, 15) is 4.79 Å². The molecule has 0 bridgehead atoms. The van der Waals surface area contributed by atoms with E-state index in [0.717, 1.165) is 21.7 Å². The van der Waals surface area contributed by atoms with Gasteiger partial charge in [-0.05, 0) is 61.6 Å². The molecule has 0 aliphatic carbocycles. The first kappa shape index (κ1) is 15.4. The number of amides is 1. The maximum absolute atomic E-state index is 12.4. The second-order valence-electron chi connectivity index (χ2n) is 4.90. The molecule has 2 aromatic rings. The van der Waals surface area contributed by atoms with Crippen LogP contribution in [0.2, 0.25) is 0 Å². The van der Waals surface area contributed by atoms with Gasteiger partial charge in [0.1, 0.15) is 5.75 Å². The van der Waals surface area contributed by atoms with Crippen molar-refractivity contribution in [3.05, 3.63) is 53.1 Å². The molecule has 0 heterocycles. The van der Waals surface area contributed by atoms with Gasteiger partial charge in [-0.25, -0.2) is 0 Å².